The molecule has 0 spiro atoms. The van der Waals surface area contributed by atoms with E-state index in [2.05, 4.69) is 37.4 Å². The second-order valence-electron chi connectivity index (χ2n) is 5.53. The fourth-order valence-electron chi connectivity index (χ4n) is 1.96. The normalized spacial score (nSPS) is 9.92. The molecule has 26 heavy (non-hydrogen) atoms. The van der Waals surface area contributed by atoms with Crippen molar-refractivity contribution in [1.82, 2.24) is 21.5 Å². The maximum absolute atomic E-state index is 11.8. The van der Waals surface area contributed by atoms with Crippen molar-refractivity contribution < 1.29 is 14.4 Å². The number of hydrogen-bond acceptors (Lipinski definition) is 3. The van der Waals surface area contributed by atoms with Crippen molar-refractivity contribution in [3.63, 3.8) is 0 Å². The van der Waals surface area contributed by atoms with Gasteiger partial charge in [-0.05, 0) is 36.8 Å². The standard InChI is InChI=1S/C18H19BrN4O3/c1-12-2-4-13(5-3-12)10-20-18(26)21-11-16(24)22-23-17(25)14-6-8-15(19)9-7-14/h2-9H,10-11H2,1H3,(H,22,24)(H,23,25)(H2,20,21,26). The maximum Gasteiger partial charge on any atom is 0.315 e. The van der Waals surface area contributed by atoms with E-state index in [4.69, 9.17) is 0 Å². The first-order chi connectivity index (χ1) is 12.4. The molecule has 0 aliphatic rings. The number of halogens is 1. The molecule has 0 radical (unpaired) electrons. The summed E-state index contributed by atoms with van der Waals surface area (Å²) in [7, 11) is 0. The van der Waals surface area contributed by atoms with Crippen LogP contribution in [-0.4, -0.2) is 24.4 Å². The van der Waals surface area contributed by atoms with E-state index in [1.807, 2.05) is 31.2 Å². The largest absolute Gasteiger partial charge is 0.334 e. The van der Waals surface area contributed by atoms with Crippen molar-refractivity contribution in [1.29, 1.82) is 0 Å². The highest BCUT2D eigenvalue weighted by Gasteiger charge is 2.08. The summed E-state index contributed by atoms with van der Waals surface area (Å²) >= 11 is 3.27. The van der Waals surface area contributed by atoms with Gasteiger partial charge in [0.2, 0.25) is 0 Å². The minimum Gasteiger partial charge on any atom is -0.334 e. The van der Waals surface area contributed by atoms with Crippen molar-refractivity contribution in [3.05, 3.63) is 69.7 Å². The fraction of sp³-hybridized carbons (Fsp3) is 0.167. The highest BCUT2D eigenvalue weighted by molar-refractivity contribution is 9.10. The molecule has 0 atom stereocenters. The summed E-state index contributed by atoms with van der Waals surface area (Å²) in [6.07, 6.45) is 0. The van der Waals surface area contributed by atoms with Gasteiger partial charge >= 0.3 is 6.03 Å². The van der Waals surface area contributed by atoms with Crippen molar-refractivity contribution in [2.45, 2.75) is 13.5 Å². The third-order valence-corrected chi connectivity index (χ3v) is 3.93. The first-order valence-corrected chi connectivity index (χ1v) is 8.65. The van der Waals surface area contributed by atoms with Gasteiger partial charge in [-0.25, -0.2) is 4.79 Å². The van der Waals surface area contributed by atoms with E-state index in [0.29, 0.717) is 12.1 Å². The molecule has 0 saturated carbocycles. The molecule has 4 amide bonds. The Hall–Kier alpha value is -2.87. The molecular weight excluding hydrogens is 400 g/mol. The molecule has 0 unspecified atom stereocenters. The van der Waals surface area contributed by atoms with Crippen molar-refractivity contribution >= 4 is 33.8 Å². The lowest BCUT2D eigenvalue weighted by Crippen LogP contribution is -2.47. The molecule has 8 heteroatoms. The predicted octanol–water partition coefficient (Wildman–Crippen LogP) is 2.02. The van der Waals surface area contributed by atoms with Gasteiger partial charge in [0.25, 0.3) is 11.8 Å². The van der Waals surface area contributed by atoms with Crippen LogP contribution in [0.3, 0.4) is 0 Å². The van der Waals surface area contributed by atoms with Crippen molar-refractivity contribution in [2.75, 3.05) is 6.54 Å². The summed E-state index contributed by atoms with van der Waals surface area (Å²) in [5.41, 5.74) is 7.01. The first-order valence-electron chi connectivity index (χ1n) is 7.86. The Balaban J connectivity index is 1.66. The third kappa shape index (κ3) is 6.56. The number of nitrogens with one attached hydrogen (secondary N) is 4. The van der Waals surface area contributed by atoms with Gasteiger partial charge in [-0.3, -0.25) is 20.4 Å². The highest BCUT2D eigenvalue weighted by Crippen LogP contribution is 2.10. The van der Waals surface area contributed by atoms with Crippen LogP contribution in [0.1, 0.15) is 21.5 Å². The number of rotatable bonds is 5. The second-order valence-corrected chi connectivity index (χ2v) is 6.45. The van der Waals surface area contributed by atoms with Gasteiger partial charge in [-0.15, -0.1) is 0 Å². The number of urea groups is 1. The number of hydrogen-bond donors (Lipinski definition) is 4. The molecule has 7 nitrogen and oxygen atoms in total. The Labute approximate surface area is 159 Å². The zero-order valence-corrected chi connectivity index (χ0v) is 15.7. The number of amides is 4. The minimum atomic E-state index is -0.541. The van der Waals surface area contributed by atoms with Gasteiger partial charge in [-0.2, -0.15) is 0 Å². The Morgan fingerprint density at radius 2 is 1.54 bits per heavy atom. The average Bonchev–Trinajstić information content (AvgIpc) is 2.64. The summed E-state index contributed by atoms with van der Waals surface area (Å²) in [5.74, 6) is -0.990. The molecule has 0 aromatic heterocycles. The van der Waals surface area contributed by atoms with E-state index in [1.54, 1.807) is 24.3 Å². The zero-order valence-electron chi connectivity index (χ0n) is 14.1. The van der Waals surface area contributed by atoms with Gasteiger partial charge in [0, 0.05) is 16.6 Å². The van der Waals surface area contributed by atoms with Crippen LogP contribution >= 0.6 is 15.9 Å². The van der Waals surface area contributed by atoms with Crippen LogP contribution < -0.4 is 21.5 Å². The number of aryl methyl sites for hydroxylation is 1. The molecule has 0 bridgehead atoms. The lowest BCUT2D eigenvalue weighted by atomic mass is 10.1. The molecule has 2 rings (SSSR count). The first kappa shape index (κ1) is 19.5. The molecule has 4 N–H and O–H groups in total. The van der Waals surface area contributed by atoms with Gasteiger partial charge in [-0.1, -0.05) is 45.8 Å². The van der Waals surface area contributed by atoms with Crippen molar-refractivity contribution in [2.24, 2.45) is 0 Å². The summed E-state index contributed by atoms with van der Waals surface area (Å²) in [4.78, 5) is 35.2. The van der Waals surface area contributed by atoms with Crippen LogP contribution in [-0.2, 0) is 11.3 Å². The predicted molar refractivity (Wildman–Crippen MR) is 101 cm³/mol. The quantitative estimate of drug-likeness (QED) is 0.558. The lowest BCUT2D eigenvalue weighted by Gasteiger charge is -2.09. The number of hydrazine groups is 1. The Kier molecular flexibility index (Phi) is 7.16. The van der Waals surface area contributed by atoms with E-state index in [0.717, 1.165) is 15.6 Å². The Bertz CT molecular complexity index is 776. The highest BCUT2D eigenvalue weighted by atomic mass is 79.9. The molecule has 136 valence electrons. The monoisotopic (exact) mass is 418 g/mol. The molecule has 0 aliphatic heterocycles. The van der Waals surface area contributed by atoms with Gasteiger partial charge in [0.05, 0.1) is 0 Å². The molecule has 0 saturated heterocycles. The van der Waals surface area contributed by atoms with Gasteiger partial charge < -0.3 is 10.6 Å². The summed E-state index contributed by atoms with van der Waals surface area (Å²) in [6, 6.07) is 13.9. The molecule has 2 aromatic rings. The lowest BCUT2D eigenvalue weighted by molar-refractivity contribution is -0.120. The topological polar surface area (TPSA) is 99.3 Å². The van der Waals surface area contributed by atoms with E-state index >= 15 is 0 Å². The van der Waals surface area contributed by atoms with E-state index in [1.165, 1.54) is 0 Å². The van der Waals surface area contributed by atoms with Crippen LogP contribution in [0, 0.1) is 6.92 Å². The summed E-state index contributed by atoms with van der Waals surface area (Å²) in [6.45, 7) is 2.08. The zero-order chi connectivity index (χ0) is 18.9. The van der Waals surface area contributed by atoms with E-state index < -0.39 is 17.8 Å². The van der Waals surface area contributed by atoms with Crippen LogP contribution in [0.2, 0.25) is 0 Å². The minimum absolute atomic E-state index is 0.264. The third-order valence-electron chi connectivity index (χ3n) is 3.41. The average molecular weight is 419 g/mol. The van der Waals surface area contributed by atoms with Gasteiger partial charge in [0.15, 0.2) is 0 Å². The van der Waals surface area contributed by atoms with E-state index in [-0.39, 0.29) is 6.54 Å². The number of carbonyl (C=O) groups excluding carboxylic acids is 3. The molecular formula is C18H19BrN4O3. The van der Waals surface area contributed by atoms with Crippen molar-refractivity contribution in [3.8, 4) is 0 Å². The molecule has 0 fully saturated rings. The van der Waals surface area contributed by atoms with Crippen LogP contribution in [0.4, 0.5) is 4.79 Å². The Morgan fingerprint density at radius 1 is 0.885 bits per heavy atom. The smallest absolute Gasteiger partial charge is 0.315 e. The maximum atomic E-state index is 11.8. The molecule has 2 aromatic carbocycles. The van der Waals surface area contributed by atoms with E-state index in [9.17, 15) is 14.4 Å². The van der Waals surface area contributed by atoms with Crippen LogP contribution in [0.5, 0.6) is 0 Å². The molecule has 0 aliphatic carbocycles. The summed E-state index contributed by atoms with van der Waals surface area (Å²) in [5, 5.41) is 5.06. The fourth-order valence-corrected chi connectivity index (χ4v) is 2.22. The Morgan fingerprint density at radius 3 is 2.19 bits per heavy atom. The molecule has 0 heterocycles. The second kappa shape index (κ2) is 9.57. The SMILES string of the molecule is Cc1ccc(CNC(=O)NCC(=O)NNC(=O)c2ccc(Br)cc2)cc1. The summed E-state index contributed by atoms with van der Waals surface area (Å²) < 4.78 is 0.846. The number of benzene rings is 2. The van der Waals surface area contributed by atoms with Gasteiger partial charge in [0.1, 0.15) is 6.54 Å². The van der Waals surface area contributed by atoms with Crippen LogP contribution in [0.15, 0.2) is 53.0 Å². The van der Waals surface area contributed by atoms with Crippen LogP contribution in [0.25, 0.3) is 0 Å². The number of carbonyl (C=O) groups is 3.